The topological polar surface area (TPSA) is 51.2 Å². The molecule has 0 saturated carbocycles. The van der Waals surface area contributed by atoms with Crippen LogP contribution in [0.4, 0.5) is 0 Å². The molecule has 2 aromatic rings. The summed E-state index contributed by atoms with van der Waals surface area (Å²) in [5.41, 5.74) is -0.331. The Labute approximate surface area is 160 Å². The molecule has 2 atom stereocenters. The predicted octanol–water partition coefficient (Wildman–Crippen LogP) is 3.83. The number of carbonyl (C=O) groups is 1. The second-order valence-electron chi connectivity index (χ2n) is 5.41. The van der Waals surface area contributed by atoms with Crippen molar-refractivity contribution in [2.24, 2.45) is 0 Å². The van der Waals surface area contributed by atoms with Crippen molar-refractivity contribution in [1.29, 1.82) is 0 Å². The number of pyridine rings is 1. The highest BCUT2D eigenvalue weighted by Gasteiger charge is 2.35. The number of para-hydroxylation sites is 1. The first-order valence-electron chi connectivity index (χ1n) is 7.37. The van der Waals surface area contributed by atoms with E-state index in [9.17, 15) is 4.79 Å². The highest BCUT2D eigenvalue weighted by atomic mass is 127. The van der Waals surface area contributed by atoms with E-state index in [1.165, 1.54) is 18.7 Å². The van der Waals surface area contributed by atoms with Gasteiger partial charge in [0.25, 0.3) is 0 Å². The van der Waals surface area contributed by atoms with Crippen LogP contribution >= 0.6 is 34.4 Å². The fourth-order valence-electron chi connectivity index (χ4n) is 2.43. The van der Waals surface area contributed by atoms with E-state index in [1.54, 1.807) is 6.92 Å². The first kappa shape index (κ1) is 18.9. The summed E-state index contributed by atoms with van der Waals surface area (Å²) in [6, 6.07) is 9.93. The van der Waals surface area contributed by atoms with Crippen LogP contribution in [0.3, 0.4) is 0 Å². The Balaban J connectivity index is 2.39. The molecule has 0 fully saturated rings. The Kier molecular flexibility index (Phi) is 6.35. The molecule has 1 N–H and O–H groups in total. The lowest BCUT2D eigenvalue weighted by Crippen LogP contribution is -2.53. The van der Waals surface area contributed by atoms with Crippen molar-refractivity contribution in [1.82, 2.24) is 10.3 Å². The zero-order valence-corrected chi connectivity index (χ0v) is 17.0. The molecule has 24 heavy (non-hydrogen) atoms. The zero-order chi connectivity index (χ0) is 17.7. The van der Waals surface area contributed by atoms with Crippen molar-refractivity contribution in [2.45, 2.75) is 31.7 Å². The number of hydrogen-bond acceptors (Lipinski definition) is 4. The summed E-state index contributed by atoms with van der Waals surface area (Å²) in [6.07, 6.45) is 1.93. The summed E-state index contributed by atoms with van der Waals surface area (Å²) in [6.45, 7) is 5.08. The molecule has 126 valence electrons. The third-order valence-corrected chi connectivity index (χ3v) is 5.14. The fourth-order valence-corrected chi connectivity index (χ4v) is 3.79. The molecule has 0 aliphatic carbocycles. The highest BCUT2D eigenvalue weighted by Crippen LogP contribution is 2.29. The number of rotatable bonds is 5. The molecule has 6 heteroatoms. The van der Waals surface area contributed by atoms with Crippen LogP contribution in [0.2, 0.25) is 0 Å². The van der Waals surface area contributed by atoms with Crippen LogP contribution in [-0.2, 0) is 4.79 Å². The number of amides is 1. The van der Waals surface area contributed by atoms with Gasteiger partial charge >= 0.3 is 0 Å². The molecule has 0 aliphatic rings. The van der Waals surface area contributed by atoms with Crippen molar-refractivity contribution < 1.29 is 9.53 Å². The molecule has 2 unspecified atom stereocenters. The number of halogens is 1. The number of hydrogen-bond donors (Lipinski definition) is 1. The monoisotopic (exact) mass is 454 g/mol. The van der Waals surface area contributed by atoms with Crippen molar-refractivity contribution in [3.05, 3.63) is 33.9 Å². The molecule has 0 saturated heterocycles. The standard InChI is InChI=1S/C18H19IN2O2S/c1-5-10-18(3,21-12(2)22)17(24-4)23-16-14(19)11-13-8-6-7-9-15(13)20-16/h6-9,11,17H,1-4H3,(H,21,22). The zero-order valence-electron chi connectivity index (χ0n) is 14.0. The van der Waals surface area contributed by atoms with Gasteiger partial charge in [0.15, 0.2) is 5.44 Å². The lowest BCUT2D eigenvalue weighted by atomic mass is 10.0. The summed E-state index contributed by atoms with van der Waals surface area (Å²) in [5, 5.41) is 3.96. The van der Waals surface area contributed by atoms with Crippen LogP contribution in [0.1, 0.15) is 20.8 Å². The molecule has 0 spiro atoms. The Morgan fingerprint density at radius 2 is 2.17 bits per heavy atom. The van der Waals surface area contributed by atoms with Crippen molar-refractivity contribution >= 4 is 51.2 Å². The maximum Gasteiger partial charge on any atom is 0.228 e. The van der Waals surface area contributed by atoms with Gasteiger partial charge in [-0.2, -0.15) is 0 Å². The molecule has 1 heterocycles. The average Bonchev–Trinajstić information content (AvgIpc) is 2.52. The minimum Gasteiger partial charge on any atom is -0.459 e. The van der Waals surface area contributed by atoms with Gasteiger partial charge in [-0.3, -0.25) is 4.79 Å². The number of ether oxygens (including phenoxy) is 1. The van der Waals surface area contributed by atoms with E-state index in [2.05, 4.69) is 44.7 Å². The van der Waals surface area contributed by atoms with Gasteiger partial charge in [-0.25, -0.2) is 4.98 Å². The maximum absolute atomic E-state index is 11.6. The first-order chi connectivity index (χ1) is 11.4. The number of fused-ring (bicyclic) bond motifs is 1. The Morgan fingerprint density at radius 1 is 1.46 bits per heavy atom. The van der Waals surface area contributed by atoms with Crippen LogP contribution in [0.25, 0.3) is 10.9 Å². The molecule has 1 aromatic heterocycles. The SMILES string of the molecule is CC#CC(C)(NC(C)=O)C(Oc1nc2ccccc2cc1I)SC. The number of benzene rings is 1. The largest absolute Gasteiger partial charge is 0.459 e. The average molecular weight is 454 g/mol. The molecule has 0 aliphatic heterocycles. The van der Waals surface area contributed by atoms with E-state index in [4.69, 9.17) is 4.74 Å². The second-order valence-corrected chi connectivity index (χ2v) is 7.47. The summed E-state index contributed by atoms with van der Waals surface area (Å²) in [7, 11) is 0. The first-order valence-corrected chi connectivity index (χ1v) is 9.73. The highest BCUT2D eigenvalue weighted by molar-refractivity contribution is 14.1. The quantitative estimate of drug-likeness (QED) is 0.424. The number of nitrogens with zero attached hydrogens (tertiary/aromatic N) is 1. The van der Waals surface area contributed by atoms with Gasteiger partial charge in [0.05, 0.1) is 9.09 Å². The molecule has 2 rings (SSSR count). The normalized spacial score (nSPS) is 14.2. The van der Waals surface area contributed by atoms with Gasteiger partial charge in [0.2, 0.25) is 11.8 Å². The number of thioether (sulfide) groups is 1. The summed E-state index contributed by atoms with van der Waals surface area (Å²) in [5.74, 6) is 6.33. The Bertz CT molecular complexity index is 816. The lowest BCUT2D eigenvalue weighted by molar-refractivity contribution is -0.120. The third-order valence-electron chi connectivity index (χ3n) is 3.37. The Hall–Kier alpha value is -1.46. The molecule has 1 aromatic carbocycles. The number of aromatic nitrogens is 1. The third kappa shape index (κ3) is 4.33. The van der Waals surface area contributed by atoms with E-state index in [0.29, 0.717) is 5.88 Å². The van der Waals surface area contributed by atoms with Crippen LogP contribution in [0.15, 0.2) is 30.3 Å². The van der Waals surface area contributed by atoms with Gasteiger partial charge in [0.1, 0.15) is 5.54 Å². The van der Waals surface area contributed by atoms with Crippen molar-refractivity contribution in [2.75, 3.05) is 6.26 Å². The fraction of sp³-hybridized carbons (Fsp3) is 0.333. The molecule has 1 amide bonds. The predicted molar refractivity (Wildman–Crippen MR) is 108 cm³/mol. The van der Waals surface area contributed by atoms with Crippen LogP contribution in [-0.4, -0.2) is 28.1 Å². The molecule has 4 nitrogen and oxygen atoms in total. The van der Waals surface area contributed by atoms with Crippen LogP contribution in [0.5, 0.6) is 5.88 Å². The van der Waals surface area contributed by atoms with Gasteiger partial charge in [0, 0.05) is 12.3 Å². The van der Waals surface area contributed by atoms with E-state index in [0.717, 1.165) is 14.5 Å². The number of carbonyl (C=O) groups excluding carboxylic acids is 1. The summed E-state index contributed by atoms with van der Waals surface area (Å²) >= 11 is 3.70. The van der Waals surface area contributed by atoms with Gasteiger partial charge in [-0.1, -0.05) is 24.1 Å². The van der Waals surface area contributed by atoms with Crippen LogP contribution < -0.4 is 10.1 Å². The number of nitrogens with one attached hydrogen (secondary N) is 1. The smallest absolute Gasteiger partial charge is 0.228 e. The van der Waals surface area contributed by atoms with Gasteiger partial charge < -0.3 is 10.1 Å². The lowest BCUT2D eigenvalue weighted by Gasteiger charge is -2.32. The van der Waals surface area contributed by atoms with Gasteiger partial charge in [-0.05, 0) is 54.8 Å². The Morgan fingerprint density at radius 3 is 2.79 bits per heavy atom. The van der Waals surface area contributed by atoms with E-state index >= 15 is 0 Å². The maximum atomic E-state index is 11.6. The molecule has 0 bridgehead atoms. The second kappa shape index (κ2) is 8.08. The summed E-state index contributed by atoms with van der Waals surface area (Å²) in [4.78, 5) is 16.2. The van der Waals surface area contributed by atoms with E-state index < -0.39 is 11.0 Å². The van der Waals surface area contributed by atoms with Crippen molar-refractivity contribution in [3.63, 3.8) is 0 Å². The van der Waals surface area contributed by atoms with E-state index in [1.807, 2.05) is 43.5 Å². The molecular formula is C18H19IN2O2S. The minimum atomic E-state index is -0.809. The van der Waals surface area contributed by atoms with Gasteiger partial charge in [-0.15, -0.1) is 17.7 Å². The van der Waals surface area contributed by atoms with E-state index in [-0.39, 0.29) is 5.91 Å². The molecule has 0 radical (unpaired) electrons. The van der Waals surface area contributed by atoms with Crippen molar-refractivity contribution in [3.8, 4) is 17.7 Å². The van der Waals surface area contributed by atoms with Crippen LogP contribution in [0, 0.1) is 15.4 Å². The molecular weight excluding hydrogens is 435 g/mol. The summed E-state index contributed by atoms with van der Waals surface area (Å²) < 4.78 is 7.06. The minimum absolute atomic E-state index is 0.149.